The summed E-state index contributed by atoms with van der Waals surface area (Å²) in [6.45, 7) is 2.01. The van der Waals surface area contributed by atoms with Gasteiger partial charge in [-0.1, -0.05) is 19.1 Å². The van der Waals surface area contributed by atoms with Crippen LogP contribution in [0, 0.1) is 5.82 Å². The molecule has 0 saturated carbocycles. The molecule has 0 aliphatic heterocycles. The van der Waals surface area contributed by atoms with Gasteiger partial charge in [-0.2, -0.15) is 5.10 Å². The maximum atomic E-state index is 12.6. The van der Waals surface area contributed by atoms with E-state index in [1.54, 1.807) is 19.2 Å². The van der Waals surface area contributed by atoms with Gasteiger partial charge in [0.25, 0.3) is 0 Å². The Hall–Kier alpha value is -1.38. The lowest BCUT2D eigenvalue weighted by Gasteiger charge is -2.02. The summed E-state index contributed by atoms with van der Waals surface area (Å²) in [6.07, 6.45) is 0.826. The van der Waals surface area contributed by atoms with Crippen molar-refractivity contribution in [3.63, 3.8) is 0 Å². The number of hydrogen-bond donors (Lipinski definition) is 1. The van der Waals surface area contributed by atoms with Gasteiger partial charge in [-0.3, -0.25) is 0 Å². The molecule has 1 N–H and O–H groups in total. The standard InChI is InChI=1S/C10H13FN2/c1-3-10(13-12-2)8-4-6-9(11)7-5-8/h4-7,12H,3H2,1-2H3/b13-10-. The topological polar surface area (TPSA) is 24.4 Å². The molecule has 3 heteroatoms. The van der Waals surface area contributed by atoms with Gasteiger partial charge in [-0.05, 0) is 24.1 Å². The molecule has 1 rings (SSSR count). The second kappa shape index (κ2) is 4.60. The summed E-state index contributed by atoms with van der Waals surface area (Å²) in [5, 5.41) is 4.09. The Labute approximate surface area is 77.5 Å². The van der Waals surface area contributed by atoms with Crippen LogP contribution < -0.4 is 5.43 Å². The Morgan fingerprint density at radius 2 is 2.00 bits per heavy atom. The van der Waals surface area contributed by atoms with E-state index in [9.17, 15) is 4.39 Å². The van der Waals surface area contributed by atoms with E-state index in [2.05, 4.69) is 10.5 Å². The highest BCUT2D eigenvalue weighted by atomic mass is 19.1. The van der Waals surface area contributed by atoms with Gasteiger partial charge in [-0.15, -0.1) is 0 Å². The van der Waals surface area contributed by atoms with Gasteiger partial charge in [-0.25, -0.2) is 4.39 Å². The van der Waals surface area contributed by atoms with Gasteiger partial charge in [0.15, 0.2) is 0 Å². The fourth-order valence-electron chi connectivity index (χ4n) is 1.12. The number of benzene rings is 1. The number of hydrogen-bond acceptors (Lipinski definition) is 2. The average molecular weight is 180 g/mol. The number of nitrogens with one attached hydrogen (secondary N) is 1. The van der Waals surface area contributed by atoms with Gasteiger partial charge in [0.2, 0.25) is 0 Å². The molecule has 13 heavy (non-hydrogen) atoms. The number of nitrogens with zero attached hydrogens (tertiary/aromatic N) is 1. The zero-order valence-corrected chi connectivity index (χ0v) is 7.84. The summed E-state index contributed by atoms with van der Waals surface area (Å²) in [6, 6.07) is 6.34. The lowest BCUT2D eigenvalue weighted by Crippen LogP contribution is -2.05. The van der Waals surface area contributed by atoms with Gasteiger partial charge < -0.3 is 5.43 Å². The van der Waals surface area contributed by atoms with E-state index in [-0.39, 0.29) is 5.82 Å². The van der Waals surface area contributed by atoms with E-state index in [1.165, 1.54) is 12.1 Å². The van der Waals surface area contributed by atoms with E-state index < -0.39 is 0 Å². The summed E-state index contributed by atoms with van der Waals surface area (Å²) in [5.74, 6) is -0.219. The largest absolute Gasteiger partial charge is 0.313 e. The van der Waals surface area contributed by atoms with Crippen molar-refractivity contribution >= 4 is 5.71 Å². The Morgan fingerprint density at radius 1 is 1.38 bits per heavy atom. The highest BCUT2D eigenvalue weighted by Gasteiger charge is 2.00. The second-order valence-corrected chi connectivity index (χ2v) is 2.64. The van der Waals surface area contributed by atoms with Crippen LogP contribution in [0.2, 0.25) is 0 Å². The van der Waals surface area contributed by atoms with E-state index in [4.69, 9.17) is 0 Å². The molecule has 0 fully saturated rings. The molecule has 0 radical (unpaired) electrons. The van der Waals surface area contributed by atoms with Crippen LogP contribution in [-0.4, -0.2) is 12.8 Å². The van der Waals surface area contributed by atoms with Gasteiger partial charge in [0, 0.05) is 7.05 Å². The molecule has 70 valence electrons. The minimum Gasteiger partial charge on any atom is -0.313 e. The predicted molar refractivity (Wildman–Crippen MR) is 52.3 cm³/mol. The van der Waals surface area contributed by atoms with Crippen LogP contribution in [0.1, 0.15) is 18.9 Å². The minimum absolute atomic E-state index is 0.219. The SMILES string of the molecule is CC/C(=N/NC)c1ccc(F)cc1. The van der Waals surface area contributed by atoms with Crippen molar-refractivity contribution in [2.75, 3.05) is 7.05 Å². The van der Waals surface area contributed by atoms with E-state index in [1.807, 2.05) is 6.92 Å². The molecule has 0 amide bonds. The number of halogens is 1. The molecule has 0 aromatic heterocycles. The van der Waals surface area contributed by atoms with Crippen LogP contribution in [-0.2, 0) is 0 Å². The first kappa shape index (κ1) is 9.71. The van der Waals surface area contributed by atoms with E-state index >= 15 is 0 Å². The van der Waals surface area contributed by atoms with Crippen molar-refractivity contribution < 1.29 is 4.39 Å². The second-order valence-electron chi connectivity index (χ2n) is 2.64. The summed E-state index contributed by atoms with van der Waals surface area (Å²) in [7, 11) is 1.75. The minimum atomic E-state index is -0.219. The van der Waals surface area contributed by atoms with Crippen molar-refractivity contribution in [2.24, 2.45) is 5.10 Å². The van der Waals surface area contributed by atoms with Crippen LogP contribution in [0.15, 0.2) is 29.4 Å². The molecule has 0 unspecified atom stereocenters. The predicted octanol–water partition coefficient (Wildman–Crippen LogP) is 2.16. The summed E-state index contributed by atoms with van der Waals surface area (Å²) < 4.78 is 12.6. The average Bonchev–Trinajstić information content (AvgIpc) is 2.16. The normalized spacial score (nSPS) is 11.5. The van der Waals surface area contributed by atoms with Gasteiger partial charge in [0.05, 0.1) is 5.71 Å². The summed E-state index contributed by atoms with van der Waals surface area (Å²) in [5.41, 5.74) is 4.62. The third-order valence-corrected chi connectivity index (χ3v) is 1.76. The molecule has 1 aromatic carbocycles. The fourth-order valence-corrected chi connectivity index (χ4v) is 1.12. The van der Waals surface area contributed by atoms with Crippen molar-refractivity contribution in [3.8, 4) is 0 Å². The molecule has 0 atom stereocenters. The molecular formula is C10H13FN2. The lowest BCUT2D eigenvalue weighted by atomic mass is 10.1. The zero-order valence-electron chi connectivity index (χ0n) is 7.84. The molecule has 1 aromatic rings. The highest BCUT2D eigenvalue weighted by Crippen LogP contribution is 2.06. The third-order valence-electron chi connectivity index (χ3n) is 1.76. The number of rotatable bonds is 3. The van der Waals surface area contributed by atoms with Crippen molar-refractivity contribution in [1.29, 1.82) is 0 Å². The monoisotopic (exact) mass is 180 g/mol. The Morgan fingerprint density at radius 3 is 2.46 bits per heavy atom. The van der Waals surface area contributed by atoms with Crippen LogP contribution in [0.4, 0.5) is 4.39 Å². The van der Waals surface area contributed by atoms with Crippen molar-refractivity contribution in [3.05, 3.63) is 35.6 Å². The van der Waals surface area contributed by atoms with E-state index in [0.29, 0.717) is 0 Å². The van der Waals surface area contributed by atoms with E-state index in [0.717, 1.165) is 17.7 Å². The first-order chi connectivity index (χ1) is 6.27. The molecular weight excluding hydrogens is 167 g/mol. The molecule has 0 heterocycles. The zero-order chi connectivity index (χ0) is 9.68. The Balaban J connectivity index is 2.92. The number of hydrazone groups is 1. The van der Waals surface area contributed by atoms with Crippen LogP contribution >= 0.6 is 0 Å². The maximum absolute atomic E-state index is 12.6. The summed E-state index contributed by atoms with van der Waals surface area (Å²) >= 11 is 0. The molecule has 0 spiro atoms. The molecule has 0 aliphatic rings. The quantitative estimate of drug-likeness (QED) is 0.559. The van der Waals surface area contributed by atoms with Crippen molar-refractivity contribution in [2.45, 2.75) is 13.3 Å². The smallest absolute Gasteiger partial charge is 0.123 e. The highest BCUT2D eigenvalue weighted by molar-refractivity contribution is 6.00. The Kier molecular flexibility index (Phi) is 3.43. The van der Waals surface area contributed by atoms with Crippen LogP contribution in [0.5, 0.6) is 0 Å². The molecule has 0 aliphatic carbocycles. The maximum Gasteiger partial charge on any atom is 0.123 e. The van der Waals surface area contributed by atoms with Crippen LogP contribution in [0.3, 0.4) is 0 Å². The molecule has 2 nitrogen and oxygen atoms in total. The first-order valence-corrected chi connectivity index (χ1v) is 4.27. The third kappa shape index (κ3) is 2.54. The summed E-state index contributed by atoms with van der Waals surface area (Å²) in [4.78, 5) is 0. The first-order valence-electron chi connectivity index (χ1n) is 4.27. The lowest BCUT2D eigenvalue weighted by molar-refractivity contribution is 0.627. The Bertz CT molecular complexity index is 290. The van der Waals surface area contributed by atoms with Crippen LogP contribution in [0.25, 0.3) is 0 Å². The molecule has 0 bridgehead atoms. The fraction of sp³-hybridized carbons (Fsp3) is 0.300. The molecule has 0 saturated heterocycles. The van der Waals surface area contributed by atoms with Gasteiger partial charge in [0.1, 0.15) is 5.82 Å². The van der Waals surface area contributed by atoms with Crippen molar-refractivity contribution in [1.82, 2.24) is 5.43 Å². The van der Waals surface area contributed by atoms with Gasteiger partial charge >= 0.3 is 0 Å².